The van der Waals surface area contributed by atoms with Gasteiger partial charge in [0.1, 0.15) is 12.2 Å². The molecule has 0 fully saturated rings. The lowest BCUT2D eigenvalue weighted by Crippen LogP contribution is -2.22. The van der Waals surface area contributed by atoms with E-state index < -0.39 is 5.97 Å². The average Bonchev–Trinajstić information content (AvgIpc) is 3.20. The summed E-state index contributed by atoms with van der Waals surface area (Å²) in [6.45, 7) is -0.00287. The Morgan fingerprint density at radius 2 is 2.12 bits per heavy atom. The van der Waals surface area contributed by atoms with Crippen molar-refractivity contribution in [2.75, 3.05) is 0 Å². The van der Waals surface area contributed by atoms with E-state index in [0.29, 0.717) is 12.1 Å². The molecule has 0 spiro atoms. The molecule has 0 bridgehead atoms. The van der Waals surface area contributed by atoms with E-state index in [0.717, 1.165) is 18.4 Å². The van der Waals surface area contributed by atoms with E-state index in [4.69, 9.17) is 5.11 Å². The number of rotatable bonds is 8. The molecule has 25 heavy (non-hydrogen) atoms. The van der Waals surface area contributed by atoms with Crippen molar-refractivity contribution in [3.63, 3.8) is 0 Å². The molecule has 3 N–H and O–H groups in total. The Kier molecular flexibility index (Phi) is 5.08. The molecule has 0 unspecified atom stereocenters. The zero-order valence-electron chi connectivity index (χ0n) is 13.6. The van der Waals surface area contributed by atoms with Crippen LogP contribution in [0.2, 0.25) is 0 Å². The van der Waals surface area contributed by atoms with Gasteiger partial charge in [-0.1, -0.05) is 23.4 Å². The lowest BCUT2D eigenvalue weighted by molar-refractivity contribution is -0.138. The van der Waals surface area contributed by atoms with E-state index in [1.165, 1.54) is 21.8 Å². The Bertz CT molecular complexity index is 883. The third-order valence-corrected chi connectivity index (χ3v) is 3.87. The topological polar surface area (TPSA) is 113 Å². The number of para-hydroxylation sites is 1. The lowest BCUT2D eigenvalue weighted by Gasteiger charge is -2.03. The molecule has 1 aromatic carbocycles. The number of hydrogen-bond donors (Lipinski definition) is 3. The first kappa shape index (κ1) is 16.7. The van der Waals surface area contributed by atoms with Gasteiger partial charge in [-0.05, 0) is 24.5 Å². The van der Waals surface area contributed by atoms with Gasteiger partial charge in [0.25, 0.3) is 0 Å². The maximum Gasteiger partial charge on any atom is 0.325 e. The third-order valence-electron chi connectivity index (χ3n) is 3.87. The molecule has 0 aliphatic carbocycles. The van der Waals surface area contributed by atoms with Crippen LogP contribution in [0, 0.1) is 0 Å². The molecule has 3 rings (SSSR count). The zero-order chi connectivity index (χ0) is 17.6. The Hall–Kier alpha value is -3.16. The van der Waals surface area contributed by atoms with Crippen LogP contribution in [0.25, 0.3) is 10.9 Å². The number of carboxylic acid groups (broad SMARTS) is 1. The molecule has 8 heteroatoms. The van der Waals surface area contributed by atoms with Gasteiger partial charge in [0.15, 0.2) is 0 Å². The number of aromatic nitrogens is 4. The highest BCUT2D eigenvalue weighted by Crippen LogP contribution is 2.19. The van der Waals surface area contributed by atoms with Crippen molar-refractivity contribution in [3.8, 4) is 0 Å². The van der Waals surface area contributed by atoms with Crippen molar-refractivity contribution in [2.24, 2.45) is 0 Å². The second kappa shape index (κ2) is 7.61. The van der Waals surface area contributed by atoms with Crippen LogP contribution in [-0.2, 0) is 29.1 Å². The quantitative estimate of drug-likeness (QED) is 0.574. The van der Waals surface area contributed by atoms with Crippen molar-refractivity contribution >= 4 is 22.8 Å². The minimum absolute atomic E-state index is 0.0624. The second-order valence-electron chi connectivity index (χ2n) is 5.79. The van der Waals surface area contributed by atoms with E-state index in [9.17, 15) is 9.59 Å². The molecule has 1 amide bonds. The van der Waals surface area contributed by atoms with Crippen LogP contribution in [0.4, 0.5) is 0 Å². The summed E-state index contributed by atoms with van der Waals surface area (Å²) in [7, 11) is 0. The van der Waals surface area contributed by atoms with Gasteiger partial charge < -0.3 is 15.4 Å². The molecule has 130 valence electrons. The van der Waals surface area contributed by atoms with Crippen LogP contribution < -0.4 is 5.32 Å². The number of aromatic amines is 1. The van der Waals surface area contributed by atoms with E-state index in [-0.39, 0.29) is 19.0 Å². The second-order valence-corrected chi connectivity index (χ2v) is 5.79. The maximum absolute atomic E-state index is 11.9. The van der Waals surface area contributed by atoms with Gasteiger partial charge in [-0.25, -0.2) is 4.68 Å². The van der Waals surface area contributed by atoms with Gasteiger partial charge in [0.05, 0.1) is 12.7 Å². The van der Waals surface area contributed by atoms with Gasteiger partial charge in [0, 0.05) is 23.5 Å². The summed E-state index contributed by atoms with van der Waals surface area (Å²) < 4.78 is 1.22. The maximum atomic E-state index is 11.9. The van der Waals surface area contributed by atoms with Crippen molar-refractivity contribution in [1.82, 2.24) is 25.3 Å². The van der Waals surface area contributed by atoms with E-state index >= 15 is 0 Å². The normalized spacial score (nSPS) is 10.9. The molecule has 0 radical (unpaired) electrons. The van der Waals surface area contributed by atoms with Crippen LogP contribution >= 0.6 is 0 Å². The monoisotopic (exact) mass is 341 g/mol. The summed E-state index contributed by atoms with van der Waals surface area (Å²) in [5, 5.41) is 20.2. The highest BCUT2D eigenvalue weighted by Gasteiger charge is 2.08. The number of carboxylic acids is 1. The number of benzene rings is 1. The number of carbonyl (C=O) groups excluding carboxylic acids is 1. The number of fused-ring (bicyclic) bond motifs is 1. The highest BCUT2D eigenvalue weighted by molar-refractivity contribution is 5.83. The molecule has 2 aromatic heterocycles. The highest BCUT2D eigenvalue weighted by atomic mass is 16.4. The fourth-order valence-electron chi connectivity index (χ4n) is 2.69. The van der Waals surface area contributed by atoms with Crippen LogP contribution in [0.5, 0.6) is 0 Å². The molecule has 0 saturated carbocycles. The predicted molar refractivity (Wildman–Crippen MR) is 90.7 cm³/mol. The third kappa shape index (κ3) is 4.43. The Morgan fingerprint density at radius 1 is 1.28 bits per heavy atom. The number of H-pyrrole nitrogens is 1. The fraction of sp³-hybridized carbons (Fsp3) is 0.294. The van der Waals surface area contributed by atoms with Gasteiger partial charge in [-0.2, -0.15) is 0 Å². The number of aliphatic carboxylic acids is 1. The van der Waals surface area contributed by atoms with Gasteiger partial charge in [-0.3, -0.25) is 9.59 Å². The number of amides is 1. The average molecular weight is 341 g/mol. The first-order chi connectivity index (χ1) is 12.1. The minimum Gasteiger partial charge on any atom is -0.480 e. The van der Waals surface area contributed by atoms with Crippen molar-refractivity contribution in [3.05, 3.63) is 47.9 Å². The number of carbonyl (C=O) groups is 2. The van der Waals surface area contributed by atoms with Gasteiger partial charge in [0.2, 0.25) is 5.91 Å². The summed E-state index contributed by atoms with van der Waals surface area (Å²) in [6.07, 6.45) is 5.50. The number of nitrogens with zero attached hydrogens (tertiary/aromatic N) is 3. The lowest BCUT2D eigenvalue weighted by atomic mass is 10.1. The molecule has 0 atom stereocenters. The van der Waals surface area contributed by atoms with Crippen molar-refractivity contribution in [1.29, 1.82) is 0 Å². The first-order valence-corrected chi connectivity index (χ1v) is 8.04. The molecule has 3 aromatic rings. The van der Waals surface area contributed by atoms with Crippen molar-refractivity contribution < 1.29 is 14.7 Å². The molecule has 0 aliphatic rings. The summed E-state index contributed by atoms with van der Waals surface area (Å²) in [6, 6.07) is 8.09. The standard InChI is InChI=1S/C17H19N5O3/c23-16(19-9-13-10-22(21-20-13)11-17(24)25)7-3-4-12-8-18-15-6-2-1-5-14(12)15/h1-2,5-6,8,10,18H,3-4,7,9,11H2,(H,19,23)(H,24,25). The van der Waals surface area contributed by atoms with Gasteiger partial charge >= 0.3 is 5.97 Å². The Labute approximate surface area is 143 Å². The van der Waals surface area contributed by atoms with Crippen LogP contribution in [0.15, 0.2) is 36.7 Å². The van der Waals surface area contributed by atoms with Crippen LogP contribution in [-0.4, -0.2) is 37.0 Å². The minimum atomic E-state index is -0.988. The van der Waals surface area contributed by atoms with Crippen molar-refractivity contribution in [2.45, 2.75) is 32.4 Å². The van der Waals surface area contributed by atoms with Gasteiger partial charge in [-0.15, -0.1) is 5.10 Å². The van der Waals surface area contributed by atoms with E-state index in [1.54, 1.807) is 0 Å². The molecule has 0 aliphatic heterocycles. The number of nitrogens with one attached hydrogen (secondary N) is 2. The fourth-order valence-corrected chi connectivity index (χ4v) is 2.69. The predicted octanol–water partition coefficient (Wildman–Crippen LogP) is 1.48. The summed E-state index contributed by atoms with van der Waals surface area (Å²) in [5.74, 6) is -1.05. The zero-order valence-corrected chi connectivity index (χ0v) is 13.6. The van der Waals surface area contributed by atoms with E-state index in [1.807, 2.05) is 24.4 Å². The Balaban J connectivity index is 1.42. The van der Waals surface area contributed by atoms with Crippen LogP contribution in [0.3, 0.4) is 0 Å². The largest absolute Gasteiger partial charge is 0.480 e. The molecule has 0 saturated heterocycles. The SMILES string of the molecule is O=C(O)Cn1cc(CNC(=O)CCCc2c[nH]c3ccccc23)nn1. The van der Waals surface area contributed by atoms with Crippen LogP contribution in [0.1, 0.15) is 24.1 Å². The summed E-state index contributed by atoms with van der Waals surface area (Å²) in [4.78, 5) is 25.7. The number of hydrogen-bond acceptors (Lipinski definition) is 4. The molecule has 2 heterocycles. The number of aryl methyl sites for hydroxylation is 1. The molecule has 8 nitrogen and oxygen atoms in total. The van der Waals surface area contributed by atoms with E-state index in [2.05, 4.69) is 26.7 Å². The summed E-state index contributed by atoms with van der Waals surface area (Å²) in [5.41, 5.74) is 2.85. The Morgan fingerprint density at radius 3 is 2.96 bits per heavy atom. The first-order valence-electron chi connectivity index (χ1n) is 8.04. The summed E-state index contributed by atoms with van der Waals surface area (Å²) >= 11 is 0. The molecular formula is C17H19N5O3. The smallest absolute Gasteiger partial charge is 0.325 e. The molecular weight excluding hydrogens is 322 g/mol.